The molecule has 30 heavy (non-hydrogen) atoms. The molecule has 1 N–H and O–H groups in total. The summed E-state index contributed by atoms with van der Waals surface area (Å²) in [6.07, 6.45) is 1.41. The summed E-state index contributed by atoms with van der Waals surface area (Å²) in [6, 6.07) is 4.41. The molecule has 2 saturated heterocycles. The highest BCUT2D eigenvalue weighted by atomic mass is 35.5. The minimum atomic E-state index is -0.483. The van der Waals surface area contributed by atoms with Gasteiger partial charge >= 0.3 is 0 Å². The second-order valence-corrected chi connectivity index (χ2v) is 8.95. The first-order chi connectivity index (χ1) is 14.3. The number of rotatable bonds is 5. The number of hydrogen-bond donors (Lipinski definition) is 1. The Bertz CT molecular complexity index is 809. The van der Waals surface area contributed by atoms with Gasteiger partial charge in [0.15, 0.2) is 0 Å². The van der Waals surface area contributed by atoms with Gasteiger partial charge in [0.2, 0.25) is 11.8 Å². The van der Waals surface area contributed by atoms with Crippen molar-refractivity contribution >= 4 is 40.9 Å². The molecule has 0 aromatic heterocycles. The van der Waals surface area contributed by atoms with Crippen LogP contribution in [0.1, 0.15) is 37.0 Å². The number of benzene rings is 1. The molecule has 0 radical (unpaired) electrons. The van der Waals surface area contributed by atoms with Crippen LogP contribution in [0.15, 0.2) is 18.2 Å². The third-order valence-electron chi connectivity index (χ3n) is 5.46. The zero-order valence-electron chi connectivity index (χ0n) is 17.4. The van der Waals surface area contributed by atoms with E-state index in [-0.39, 0.29) is 23.8 Å². The number of hydrogen-bond acceptors (Lipinski definition) is 4. The maximum absolute atomic E-state index is 13.1. The van der Waals surface area contributed by atoms with Gasteiger partial charge in [0.1, 0.15) is 6.04 Å². The van der Waals surface area contributed by atoms with Crippen molar-refractivity contribution in [2.75, 3.05) is 39.3 Å². The molecule has 3 rings (SSSR count). The topological polar surface area (TPSA) is 73.0 Å². The second-order valence-electron chi connectivity index (χ2n) is 8.10. The van der Waals surface area contributed by atoms with E-state index in [0.29, 0.717) is 61.3 Å². The zero-order valence-corrected chi connectivity index (χ0v) is 18.9. The maximum atomic E-state index is 13.1. The number of carbonyl (C=O) groups excluding carboxylic acids is 3. The SMILES string of the molecule is CC(C)NC(=O)CN1CCN(C(=O)C2CCCN2C(=O)c2cc(Cl)ccc2Cl)CC1. The van der Waals surface area contributed by atoms with E-state index in [1.165, 1.54) is 0 Å². The molecule has 0 spiro atoms. The Morgan fingerprint density at radius 2 is 1.80 bits per heavy atom. The predicted molar refractivity (Wildman–Crippen MR) is 117 cm³/mol. The van der Waals surface area contributed by atoms with E-state index in [2.05, 4.69) is 5.32 Å². The average Bonchev–Trinajstić information content (AvgIpc) is 3.18. The molecular weight excluding hydrogens is 427 g/mol. The smallest absolute Gasteiger partial charge is 0.256 e. The number of nitrogens with one attached hydrogen (secondary N) is 1. The van der Waals surface area contributed by atoms with E-state index in [0.717, 1.165) is 6.42 Å². The number of nitrogens with zero attached hydrogens (tertiary/aromatic N) is 3. The summed E-state index contributed by atoms with van der Waals surface area (Å²) in [4.78, 5) is 43.6. The lowest BCUT2D eigenvalue weighted by atomic mass is 10.1. The summed E-state index contributed by atoms with van der Waals surface area (Å²) in [5.41, 5.74) is 0.324. The maximum Gasteiger partial charge on any atom is 0.256 e. The standard InChI is InChI=1S/C21H28Cl2N4O3/c1-14(2)24-19(28)13-25-8-10-26(11-9-25)21(30)18-4-3-7-27(18)20(29)16-12-15(22)5-6-17(16)23/h5-6,12,14,18H,3-4,7-11,13H2,1-2H3,(H,24,28). The van der Waals surface area contributed by atoms with Crippen molar-refractivity contribution in [1.29, 1.82) is 0 Å². The van der Waals surface area contributed by atoms with Crippen molar-refractivity contribution in [3.8, 4) is 0 Å². The van der Waals surface area contributed by atoms with E-state index in [1.54, 1.807) is 28.0 Å². The largest absolute Gasteiger partial charge is 0.353 e. The molecule has 0 saturated carbocycles. The number of carbonyl (C=O) groups is 3. The van der Waals surface area contributed by atoms with Crippen LogP contribution in [-0.4, -0.2) is 83.8 Å². The van der Waals surface area contributed by atoms with Crippen molar-refractivity contribution in [2.24, 2.45) is 0 Å². The molecule has 2 heterocycles. The first kappa shape index (κ1) is 22.8. The van der Waals surface area contributed by atoms with Crippen LogP contribution in [-0.2, 0) is 9.59 Å². The van der Waals surface area contributed by atoms with Crippen LogP contribution in [0.25, 0.3) is 0 Å². The normalized spacial score (nSPS) is 20.0. The molecule has 2 aliphatic rings. The second kappa shape index (κ2) is 9.98. The summed E-state index contributed by atoms with van der Waals surface area (Å²) in [5.74, 6) is -0.302. The lowest BCUT2D eigenvalue weighted by Crippen LogP contribution is -2.55. The van der Waals surface area contributed by atoms with E-state index in [9.17, 15) is 14.4 Å². The van der Waals surface area contributed by atoms with Gasteiger partial charge in [-0.05, 0) is 44.9 Å². The lowest BCUT2D eigenvalue weighted by molar-refractivity contribution is -0.137. The number of piperazine rings is 1. The Morgan fingerprint density at radius 3 is 2.47 bits per heavy atom. The van der Waals surface area contributed by atoms with Crippen molar-refractivity contribution in [2.45, 2.75) is 38.8 Å². The molecule has 1 unspecified atom stereocenters. The Hall–Kier alpha value is -1.83. The lowest BCUT2D eigenvalue weighted by Gasteiger charge is -2.37. The van der Waals surface area contributed by atoms with E-state index in [1.807, 2.05) is 18.7 Å². The highest BCUT2D eigenvalue weighted by molar-refractivity contribution is 6.35. The predicted octanol–water partition coefficient (Wildman–Crippen LogP) is 2.27. The van der Waals surface area contributed by atoms with Crippen LogP contribution in [0.5, 0.6) is 0 Å². The summed E-state index contributed by atoms with van der Waals surface area (Å²) in [7, 11) is 0. The monoisotopic (exact) mass is 454 g/mol. The third-order valence-corrected chi connectivity index (χ3v) is 6.02. The average molecular weight is 455 g/mol. The molecule has 0 aliphatic carbocycles. The van der Waals surface area contributed by atoms with Crippen LogP contribution in [0, 0.1) is 0 Å². The first-order valence-corrected chi connectivity index (χ1v) is 11.1. The van der Waals surface area contributed by atoms with Crippen molar-refractivity contribution in [3.05, 3.63) is 33.8 Å². The molecule has 7 nitrogen and oxygen atoms in total. The Kier molecular flexibility index (Phi) is 7.60. The van der Waals surface area contributed by atoms with E-state index >= 15 is 0 Å². The van der Waals surface area contributed by atoms with Crippen LogP contribution >= 0.6 is 23.2 Å². The number of likely N-dealkylation sites (tertiary alicyclic amines) is 1. The highest BCUT2D eigenvalue weighted by Gasteiger charge is 2.38. The fraction of sp³-hybridized carbons (Fsp3) is 0.571. The van der Waals surface area contributed by atoms with E-state index < -0.39 is 6.04 Å². The van der Waals surface area contributed by atoms with Crippen LogP contribution in [0.3, 0.4) is 0 Å². The van der Waals surface area contributed by atoms with Gasteiger partial charge in [0.05, 0.1) is 17.1 Å². The van der Waals surface area contributed by atoms with Crippen molar-refractivity contribution < 1.29 is 14.4 Å². The molecule has 3 amide bonds. The van der Waals surface area contributed by atoms with E-state index in [4.69, 9.17) is 23.2 Å². The molecule has 9 heteroatoms. The van der Waals surface area contributed by atoms with Crippen molar-refractivity contribution in [3.63, 3.8) is 0 Å². The van der Waals surface area contributed by atoms with Crippen LogP contribution in [0.2, 0.25) is 10.0 Å². The quantitative estimate of drug-likeness (QED) is 0.740. The van der Waals surface area contributed by atoms with Gasteiger partial charge in [0, 0.05) is 43.8 Å². The third kappa shape index (κ3) is 5.45. The Labute approximate surface area is 187 Å². The molecule has 0 bridgehead atoms. The van der Waals surface area contributed by atoms with Gasteiger partial charge in [-0.3, -0.25) is 19.3 Å². The molecule has 2 fully saturated rings. The van der Waals surface area contributed by atoms with Gasteiger partial charge < -0.3 is 15.1 Å². The summed E-state index contributed by atoms with van der Waals surface area (Å²) < 4.78 is 0. The number of amides is 3. The fourth-order valence-electron chi connectivity index (χ4n) is 3.99. The van der Waals surface area contributed by atoms with Gasteiger partial charge in [-0.15, -0.1) is 0 Å². The fourth-order valence-corrected chi connectivity index (χ4v) is 4.36. The van der Waals surface area contributed by atoms with Crippen LogP contribution < -0.4 is 5.32 Å². The molecule has 164 valence electrons. The van der Waals surface area contributed by atoms with Gasteiger partial charge in [-0.1, -0.05) is 23.2 Å². The van der Waals surface area contributed by atoms with Gasteiger partial charge in [-0.25, -0.2) is 0 Å². The minimum Gasteiger partial charge on any atom is -0.353 e. The Balaban J connectivity index is 1.59. The number of halogens is 2. The first-order valence-electron chi connectivity index (χ1n) is 10.3. The highest BCUT2D eigenvalue weighted by Crippen LogP contribution is 2.27. The summed E-state index contributed by atoms with van der Waals surface area (Å²) in [5, 5.41) is 3.65. The molecule has 1 atom stereocenters. The molecule has 2 aliphatic heterocycles. The van der Waals surface area contributed by atoms with Gasteiger partial charge in [0.25, 0.3) is 5.91 Å². The molecule has 1 aromatic rings. The Morgan fingerprint density at radius 1 is 1.10 bits per heavy atom. The van der Waals surface area contributed by atoms with Crippen LogP contribution in [0.4, 0.5) is 0 Å². The summed E-state index contributed by atoms with van der Waals surface area (Å²) >= 11 is 12.2. The molecule has 1 aromatic carbocycles. The summed E-state index contributed by atoms with van der Waals surface area (Å²) in [6.45, 7) is 7.08. The van der Waals surface area contributed by atoms with Crippen molar-refractivity contribution in [1.82, 2.24) is 20.0 Å². The zero-order chi connectivity index (χ0) is 21.8. The molecular formula is C21H28Cl2N4O3. The van der Waals surface area contributed by atoms with Gasteiger partial charge in [-0.2, -0.15) is 0 Å². The minimum absolute atomic E-state index is 0.00394.